The maximum absolute atomic E-state index is 13.5. The SMILES string of the molecule is CC(Cc1ccsc1)Nc1cc(OC(F)F)c(F)cc1N. The van der Waals surface area contributed by atoms with Crippen molar-refractivity contribution >= 4 is 22.7 Å². The van der Waals surface area contributed by atoms with Crippen LogP contribution in [-0.2, 0) is 6.42 Å². The van der Waals surface area contributed by atoms with Crippen molar-refractivity contribution in [3.8, 4) is 5.75 Å². The van der Waals surface area contributed by atoms with E-state index in [4.69, 9.17) is 5.73 Å². The van der Waals surface area contributed by atoms with Crippen molar-refractivity contribution in [3.05, 3.63) is 40.3 Å². The second-order valence-electron chi connectivity index (χ2n) is 4.63. The lowest BCUT2D eigenvalue weighted by atomic mass is 10.1. The van der Waals surface area contributed by atoms with Gasteiger partial charge in [0, 0.05) is 18.2 Å². The van der Waals surface area contributed by atoms with Crippen LogP contribution in [0.5, 0.6) is 5.75 Å². The highest BCUT2D eigenvalue weighted by atomic mass is 32.1. The molecule has 1 heterocycles. The van der Waals surface area contributed by atoms with Crippen molar-refractivity contribution in [1.82, 2.24) is 0 Å². The second-order valence-corrected chi connectivity index (χ2v) is 5.41. The number of hydrogen-bond donors (Lipinski definition) is 2. The summed E-state index contributed by atoms with van der Waals surface area (Å²) in [5.74, 6) is -1.44. The Hall–Kier alpha value is -1.89. The van der Waals surface area contributed by atoms with E-state index in [2.05, 4.69) is 10.1 Å². The van der Waals surface area contributed by atoms with Crippen molar-refractivity contribution in [2.75, 3.05) is 11.1 Å². The maximum Gasteiger partial charge on any atom is 0.387 e. The van der Waals surface area contributed by atoms with Crippen LogP contribution in [0.15, 0.2) is 29.0 Å². The highest BCUT2D eigenvalue weighted by Gasteiger charge is 2.14. The van der Waals surface area contributed by atoms with E-state index in [-0.39, 0.29) is 11.7 Å². The molecular formula is C14H15F3N2OS. The Bertz CT molecular complexity index is 590. The van der Waals surface area contributed by atoms with Crippen LogP contribution in [0.4, 0.5) is 24.5 Å². The van der Waals surface area contributed by atoms with E-state index in [1.807, 2.05) is 23.8 Å². The fourth-order valence-corrected chi connectivity index (χ4v) is 2.64. The van der Waals surface area contributed by atoms with Gasteiger partial charge >= 0.3 is 6.61 Å². The number of nitrogen functional groups attached to an aromatic ring is 1. The van der Waals surface area contributed by atoms with Gasteiger partial charge in [0.15, 0.2) is 11.6 Å². The summed E-state index contributed by atoms with van der Waals surface area (Å²) in [5.41, 5.74) is 7.37. The van der Waals surface area contributed by atoms with Crippen LogP contribution >= 0.6 is 11.3 Å². The molecule has 0 aliphatic heterocycles. The molecule has 3 nitrogen and oxygen atoms in total. The number of hydrogen-bond acceptors (Lipinski definition) is 4. The number of alkyl halides is 2. The number of rotatable bonds is 6. The molecule has 2 aromatic rings. The predicted molar refractivity (Wildman–Crippen MR) is 78.6 cm³/mol. The van der Waals surface area contributed by atoms with Gasteiger partial charge in [-0.1, -0.05) is 0 Å². The van der Waals surface area contributed by atoms with Crippen LogP contribution in [0.25, 0.3) is 0 Å². The fraction of sp³-hybridized carbons (Fsp3) is 0.286. The lowest BCUT2D eigenvalue weighted by molar-refractivity contribution is -0.0521. The standard InChI is InChI=1S/C14H15F3N2OS/c1-8(4-9-2-3-21-7-9)19-12-6-13(20-14(16)17)10(15)5-11(12)18/h2-3,5-8,14,19H,4,18H2,1H3. The topological polar surface area (TPSA) is 47.3 Å². The molecule has 0 saturated heterocycles. The second kappa shape index (κ2) is 6.71. The average Bonchev–Trinajstić information content (AvgIpc) is 2.87. The molecule has 1 unspecified atom stereocenters. The minimum Gasteiger partial charge on any atom is -0.432 e. The molecule has 3 N–H and O–H groups in total. The van der Waals surface area contributed by atoms with Crippen LogP contribution in [0.1, 0.15) is 12.5 Å². The summed E-state index contributed by atoms with van der Waals surface area (Å²) in [6.07, 6.45) is 0.741. The Balaban J connectivity index is 2.11. The van der Waals surface area contributed by atoms with Gasteiger partial charge in [-0.2, -0.15) is 20.1 Å². The van der Waals surface area contributed by atoms with Crippen molar-refractivity contribution < 1.29 is 17.9 Å². The van der Waals surface area contributed by atoms with E-state index in [9.17, 15) is 13.2 Å². The average molecular weight is 316 g/mol. The van der Waals surface area contributed by atoms with Gasteiger partial charge < -0.3 is 15.8 Å². The number of nitrogens with one attached hydrogen (secondary N) is 1. The number of halogens is 3. The summed E-state index contributed by atoms with van der Waals surface area (Å²) in [7, 11) is 0. The summed E-state index contributed by atoms with van der Waals surface area (Å²) in [6, 6.07) is 4.13. The third-order valence-electron chi connectivity index (χ3n) is 2.84. The van der Waals surface area contributed by atoms with E-state index in [1.165, 1.54) is 0 Å². The molecule has 1 atom stereocenters. The molecule has 7 heteroatoms. The Morgan fingerprint density at radius 1 is 1.38 bits per heavy atom. The number of benzene rings is 1. The molecule has 0 aliphatic rings. The van der Waals surface area contributed by atoms with E-state index >= 15 is 0 Å². The van der Waals surface area contributed by atoms with E-state index in [0.29, 0.717) is 5.69 Å². The minimum atomic E-state index is -3.08. The Morgan fingerprint density at radius 3 is 2.76 bits per heavy atom. The van der Waals surface area contributed by atoms with Gasteiger partial charge in [0.1, 0.15) is 0 Å². The number of thiophene rings is 1. The molecule has 2 rings (SSSR count). The van der Waals surface area contributed by atoms with Gasteiger partial charge in [-0.05, 0) is 35.7 Å². The van der Waals surface area contributed by atoms with Crippen LogP contribution in [0.2, 0.25) is 0 Å². The first-order chi connectivity index (χ1) is 9.95. The zero-order chi connectivity index (χ0) is 15.4. The largest absolute Gasteiger partial charge is 0.432 e. The van der Waals surface area contributed by atoms with Crippen molar-refractivity contribution in [2.24, 2.45) is 0 Å². The lowest BCUT2D eigenvalue weighted by Crippen LogP contribution is -2.19. The molecule has 1 aromatic heterocycles. The smallest absolute Gasteiger partial charge is 0.387 e. The first-order valence-electron chi connectivity index (χ1n) is 6.27. The van der Waals surface area contributed by atoms with Crippen LogP contribution in [0.3, 0.4) is 0 Å². The monoisotopic (exact) mass is 316 g/mol. The third kappa shape index (κ3) is 4.29. The molecule has 0 saturated carbocycles. The zero-order valence-corrected chi connectivity index (χ0v) is 12.1. The van der Waals surface area contributed by atoms with Gasteiger partial charge in [-0.3, -0.25) is 0 Å². The molecule has 21 heavy (non-hydrogen) atoms. The molecule has 0 fully saturated rings. The van der Waals surface area contributed by atoms with Gasteiger partial charge in [0.25, 0.3) is 0 Å². The number of ether oxygens (including phenoxy) is 1. The Morgan fingerprint density at radius 2 is 2.14 bits per heavy atom. The summed E-state index contributed by atoms with van der Waals surface area (Å²) >= 11 is 1.60. The molecule has 1 aromatic carbocycles. The molecule has 0 aliphatic carbocycles. The zero-order valence-electron chi connectivity index (χ0n) is 11.3. The third-order valence-corrected chi connectivity index (χ3v) is 3.58. The van der Waals surface area contributed by atoms with E-state index < -0.39 is 18.2 Å². The van der Waals surface area contributed by atoms with Crippen molar-refractivity contribution in [3.63, 3.8) is 0 Å². The Labute approximate surface area is 124 Å². The summed E-state index contributed by atoms with van der Waals surface area (Å²) in [4.78, 5) is 0. The molecule has 0 amide bonds. The predicted octanol–water partition coefficient (Wildman–Crippen LogP) is 4.11. The van der Waals surface area contributed by atoms with Gasteiger partial charge in [-0.15, -0.1) is 0 Å². The van der Waals surface area contributed by atoms with Crippen LogP contribution in [-0.4, -0.2) is 12.7 Å². The molecule has 0 bridgehead atoms. The first-order valence-corrected chi connectivity index (χ1v) is 7.21. The van der Waals surface area contributed by atoms with Crippen molar-refractivity contribution in [2.45, 2.75) is 26.0 Å². The van der Waals surface area contributed by atoms with Gasteiger partial charge in [0.05, 0.1) is 11.4 Å². The molecule has 0 radical (unpaired) electrons. The first kappa shape index (κ1) is 15.5. The summed E-state index contributed by atoms with van der Waals surface area (Å²) < 4.78 is 42.0. The van der Waals surface area contributed by atoms with Gasteiger partial charge in [0.2, 0.25) is 0 Å². The number of nitrogens with two attached hydrogens (primary N) is 1. The normalized spacial score (nSPS) is 12.4. The molecule has 114 valence electrons. The highest BCUT2D eigenvalue weighted by Crippen LogP contribution is 2.30. The van der Waals surface area contributed by atoms with E-state index in [0.717, 1.165) is 24.1 Å². The van der Waals surface area contributed by atoms with Gasteiger partial charge in [-0.25, -0.2) is 4.39 Å². The minimum absolute atomic E-state index is 0.00626. The van der Waals surface area contributed by atoms with Crippen molar-refractivity contribution in [1.29, 1.82) is 0 Å². The highest BCUT2D eigenvalue weighted by molar-refractivity contribution is 7.07. The van der Waals surface area contributed by atoms with Crippen LogP contribution in [0, 0.1) is 5.82 Å². The summed E-state index contributed by atoms with van der Waals surface area (Å²) in [6.45, 7) is -1.16. The molecular weight excluding hydrogens is 301 g/mol. The molecule has 0 spiro atoms. The Kier molecular flexibility index (Phi) is 4.95. The van der Waals surface area contributed by atoms with E-state index in [1.54, 1.807) is 11.3 Å². The van der Waals surface area contributed by atoms with Crippen LogP contribution < -0.4 is 15.8 Å². The lowest BCUT2D eigenvalue weighted by Gasteiger charge is -2.17. The fourth-order valence-electron chi connectivity index (χ4n) is 1.96. The summed E-state index contributed by atoms with van der Waals surface area (Å²) in [5, 5.41) is 7.08. The number of anilines is 2. The maximum atomic E-state index is 13.5. The quantitative estimate of drug-likeness (QED) is 0.788.